The minimum absolute atomic E-state index is 0.187. The van der Waals surface area contributed by atoms with Gasteiger partial charge in [0.1, 0.15) is 10.3 Å². The van der Waals surface area contributed by atoms with E-state index in [1.807, 2.05) is 24.3 Å². The van der Waals surface area contributed by atoms with E-state index < -0.39 is 0 Å². The fraction of sp³-hybridized carbons (Fsp3) is 0.316. The molecule has 0 bridgehead atoms. The number of amides is 1. The summed E-state index contributed by atoms with van der Waals surface area (Å²) in [5.41, 5.74) is 2.85. The van der Waals surface area contributed by atoms with Gasteiger partial charge in [-0.3, -0.25) is 4.79 Å². The van der Waals surface area contributed by atoms with Gasteiger partial charge in [-0.25, -0.2) is 9.97 Å². The van der Waals surface area contributed by atoms with E-state index in [4.69, 9.17) is 0 Å². The molecule has 0 spiro atoms. The lowest BCUT2D eigenvalue weighted by molar-refractivity contribution is 0.102. The van der Waals surface area contributed by atoms with E-state index >= 15 is 0 Å². The maximum absolute atomic E-state index is 12.4. The van der Waals surface area contributed by atoms with Crippen LogP contribution < -0.4 is 5.32 Å². The summed E-state index contributed by atoms with van der Waals surface area (Å²) in [4.78, 5) is 24.2. The highest BCUT2D eigenvalue weighted by molar-refractivity contribution is 7.20. The van der Waals surface area contributed by atoms with Crippen LogP contribution in [0.3, 0.4) is 0 Å². The van der Waals surface area contributed by atoms with Crippen molar-refractivity contribution in [3.63, 3.8) is 0 Å². The van der Waals surface area contributed by atoms with Crippen molar-refractivity contribution in [1.29, 1.82) is 0 Å². The number of thiazole rings is 1. The van der Waals surface area contributed by atoms with Crippen molar-refractivity contribution >= 4 is 33.3 Å². The minimum Gasteiger partial charge on any atom is -0.320 e. The van der Waals surface area contributed by atoms with Crippen molar-refractivity contribution < 1.29 is 4.79 Å². The zero-order valence-electron chi connectivity index (χ0n) is 13.9. The van der Waals surface area contributed by atoms with Crippen molar-refractivity contribution in [1.82, 2.24) is 14.9 Å². The number of carbonyl (C=O) groups is 1. The van der Waals surface area contributed by atoms with Crippen LogP contribution >= 0.6 is 11.3 Å². The van der Waals surface area contributed by atoms with E-state index in [0.29, 0.717) is 5.01 Å². The summed E-state index contributed by atoms with van der Waals surface area (Å²) in [5.74, 6) is -0.187. The Bertz CT molecular complexity index is 836. The van der Waals surface area contributed by atoms with E-state index in [-0.39, 0.29) is 5.91 Å². The third-order valence-electron chi connectivity index (χ3n) is 4.49. The molecule has 3 heterocycles. The molecular weight excluding hydrogens is 332 g/mol. The zero-order chi connectivity index (χ0) is 17.1. The fourth-order valence-electron chi connectivity index (χ4n) is 3.10. The van der Waals surface area contributed by atoms with Crippen LogP contribution in [0.4, 0.5) is 5.69 Å². The molecule has 0 saturated carbocycles. The van der Waals surface area contributed by atoms with Crippen molar-refractivity contribution in [2.75, 3.05) is 25.0 Å². The van der Waals surface area contributed by atoms with E-state index in [2.05, 4.69) is 32.3 Å². The maximum atomic E-state index is 12.4. The first-order valence-corrected chi connectivity index (χ1v) is 9.44. The Kier molecular flexibility index (Phi) is 4.72. The fourth-order valence-corrected chi connectivity index (χ4v) is 3.90. The highest BCUT2D eigenvalue weighted by Crippen LogP contribution is 2.20. The summed E-state index contributed by atoms with van der Waals surface area (Å²) in [6.45, 7) is 3.57. The number of hydrogen-bond acceptors (Lipinski definition) is 5. The molecule has 1 aliphatic rings. The van der Waals surface area contributed by atoms with Gasteiger partial charge in [0.25, 0.3) is 5.91 Å². The molecule has 128 valence electrons. The van der Waals surface area contributed by atoms with Gasteiger partial charge >= 0.3 is 0 Å². The molecule has 4 rings (SSSR count). The number of rotatable bonds is 5. The first-order chi connectivity index (χ1) is 12.3. The summed E-state index contributed by atoms with van der Waals surface area (Å²) in [6.07, 6.45) is 5.42. The molecule has 1 amide bonds. The molecule has 1 N–H and O–H groups in total. The number of benzene rings is 1. The van der Waals surface area contributed by atoms with Crippen LogP contribution in [0.5, 0.6) is 0 Å². The predicted molar refractivity (Wildman–Crippen MR) is 101 cm³/mol. The van der Waals surface area contributed by atoms with Crippen LogP contribution in [-0.2, 0) is 6.42 Å². The number of fused-ring (bicyclic) bond motifs is 1. The lowest BCUT2D eigenvalue weighted by Gasteiger charge is -2.14. The standard InChI is InChI=1S/C19H20N4OS/c24-17(19-22-16-4-3-10-20-18(16)25-19)21-15-7-5-14(6-8-15)9-13-23-11-1-2-12-23/h3-8,10H,1-2,9,11-13H2,(H,21,24). The molecule has 0 radical (unpaired) electrons. The second-order valence-corrected chi connectivity index (χ2v) is 7.27. The first-order valence-electron chi connectivity index (χ1n) is 8.62. The van der Waals surface area contributed by atoms with Crippen LogP contribution in [0.25, 0.3) is 10.3 Å². The van der Waals surface area contributed by atoms with Crippen LogP contribution in [-0.4, -0.2) is 40.4 Å². The molecule has 5 nitrogen and oxygen atoms in total. The molecule has 0 aliphatic carbocycles. The number of pyridine rings is 1. The predicted octanol–water partition coefficient (Wildman–Crippen LogP) is 3.58. The number of nitrogens with one attached hydrogen (secondary N) is 1. The molecule has 2 aromatic heterocycles. The van der Waals surface area contributed by atoms with Gasteiger partial charge in [-0.15, -0.1) is 0 Å². The Labute approximate surface area is 150 Å². The summed E-state index contributed by atoms with van der Waals surface area (Å²) in [6, 6.07) is 11.8. The average molecular weight is 352 g/mol. The number of nitrogens with zero attached hydrogens (tertiary/aromatic N) is 3. The van der Waals surface area contributed by atoms with Gasteiger partial charge in [-0.2, -0.15) is 0 Å². The van der Waals surface area contributed by atoms with E-state index in [0.717, 1.165) is 29.0 Å². The largest absolute Gasteiger partial charge is 0.320 e. The molecule has 6 heteroatoms. The van der Waals surface area contributed by atoms with Gasteiger partial charge < -0.3 is 10.2 Å². The average Bonchev–Trinajstić information content (AvgIpc) is 3.30. The van der Waals surface area contributed by atoms with Gasteiger partial charge in [-0.1, -0.05) is 23.5 Å². The number of anilines is 1. The Balaban J connectivity index is 1.37. The van der Waals surface area contributed by atoms with Gasteiger partial charge in [0, 0.05) is 18.4 Å². The van der Waals surface area contributed by atoms with Gasteiger partial charge in [-0.05, 0) is 62.2 Å². The SMILES string of the molecule is O=C(Nc1ccc(CCN2CCCC2)cc1)c1nc2cccnc2s1. The molecule has 1 saturated heterocycles. The number of carbonyl (C=O) groups excluding carboxylic acids is 1. The van der Waals surface area contributed by atoms with Crippen LogP contribution in [0.1, 0.15) is 28.2 Å². The van der Waals surface area contributed by atoms with Crippen molar-refractivity contribution in [3.8, 4) is 0 Å². The van der Waals surface area contributed by atoms with Crippen molar-refractivity contribution in [2.24, 2.45) is 0 Å². The minimum atomic E-state index is -0.187. The van der Waals surface area contributed by atoms with Gasteiger partial charge in [0.15, 0.2) is 5.01 Å². The lowest BCUT2D eigenvalue weighted by atomic mass is 10.1. The highest BCUT2D eigenvalue weighted by atomic mass is 32.1. The quantitative estimate of drug-likeness (QED) is 0.762. The Morgan fingerprint density at radius 2 is 1.96 bits per heavy atom. The summed E-state index contributed by atoms with van der Waals surface area (Å²) in [5, 5.41) is 3.35. The molecule has 1 aromatic carbocycles. The number of hydrogen-bond donors (Lipinski definition) is 1. The monoisotopic (exact) mass is 352 g/mol. The summed E-state index contributed by atoms with van der Waals surface area (Å²) < 4.78 is 0. The Hall–Kier alpha value is -2.31. The van der Waals surface area contributed by atoms with Crippen LogP contribution in [0.15, 0.2) is 42.6 Å². The van der Waals surface area contributed by atoms with Gasteiger partial charge in [0.2, 0.25) is 0 Å². The molecule has 25 heavy (non-hydrogen) atoms. The highest BCUT2D eigenvalue weighted by Gasteiger charge is 2.13. The molecule has 0 atom stereocenters. The topological polar surface area (TPSA) is 58.1 Å². The van der Waals surface area contributed by atoms with E-state index in [1.165, 1.54) is 42.8 Å². The maximum Gasteiger partial charge on any atom is 0.284 e. The van der Waals surface area contributed by atoms with Crippen LogP contribution in [0.2, 0.25) is 0 Å². The lowest BCUT2D eigenvalue weighted by Crippen LogP contribution is -2.21. The van der Waals surface area contributed by atoms with Crippen LogP contribution in [0, 0.1) is 0 Å². The third kappa shape index (κ3) is 3.86. The Morgan fingerprint density at radius 3 is 2.72 bits per heavy atom. The normalized spacial score (nSPS) is 14.9. The second-order valence-electron chi connectivity index (χ2n) is 6.30. The zero-order valence-corrected chi connectivity index (χ0v) is 14.8. The van der Waals surface area contributed by atoms with E-state index in [9.17, 15) is 4.79 Å². The second kappa shape index (κ2) is 7.29. The molecule has 0 unspecified atom stereocenters. The first kappa shape index (κ1) is 16.2. The third-order valence-corrected chi connectivity index (χ3v) is 5.47. The smallest absolute Gasteiger partial charge is 0.284 e. The van der Waals surface area contributed by atoms with E-state index in [1.54, 1.807) is 6.20 Å². The summed E-state index contributed by atoms with van der Waals surface area (Å²) in [7, 11) is 0. The van der Waals surface area contributed by atoms with Gasteiger partial charge in [0.05, 0.1) is 0 Å². The Morgan fingerprint density at radius 1 is 1.16 bits per heavy atom. The number of aromatic nitrogens is 2. The van der Waals surface area contributed by atoms with Crippen molar-refractivity contribution in [2.45, 2.75) is 19.3 Å². The van der Waals surface area contributed by atoms with Crippen molar-refractivity contribution in [3.05, 3.63) is 53.2 Å². The molecule has 1 aliphatic heterocycles. The molecule has 3 aromatic rings. The summed E-state index contributed by atoms with van der Waals surface area (Å²) >= 11 is 1.31. The number of likely N-dealkylation sites (tertiary alicyclic amines) is 1. The molecular formula is C19H20N4OS. The molecule has 1 fully saturated rings.